The molecule has 0 fully saturated rings. The molecule has 0 atom stereocenters. The number of carbonyl (C=O) groups is 1. The van der Waals surface area contributed by atoms with E-state index in [-0.39, 0.29) is 19.2 Å². The first-order valence-electron chi connectivity index (χ1n) is 3.59. The lowest BCUT2D eigenvalue weighted by Gasteiger charge is -1.87. The number of carbonyl (C=O) groups excluding carboxylic acids is 1. The Morgan fingerprint density at radius 2 is 1.57 bits per heavy atom. The molecule has 0 amide bonds. The molecule has 0 saturated heterocycles. The fourth-order valence-electron chi connectivity index (χ4n) is 0.144. The maximum Gasteiger partial charge on any atom is 0.692 e. The van der Waals surface area contributed by atoms with E-state index in [1.165, 1.54) is 7.11 Å². The topological polar surface area (TPSA) is 124 Å². The third kappa shape index (κ3) is 63.6. The molecule has 0 rings (SSSR count). The molecule has 86 valence electrons. The number of hydrogen-bond donors (Lipinski definition) is 4. The van der Waals surface area contributed by atoms with Crippen LogP contribution in [0.15, 0.2) is 0 Å². The molecular weight excluding hydrogens is 215 g/mol. The zero-order valence-corrected chi connectivity index (χ0v) is 8.98. The molecule has 0 heterocycles. The summed E-state index contributed by atoms with van der Waals surface area (Å²) in [6.45, 7) is 1.51. The molecule has 0 spiro atoms. The predicted octanol–water partition coefficient (Wildman–Crippen LogP) is -0.831. The second-order valence-corrected chi connectivity index (χ2v) is 2.14. The summed E-state index contributed by atoms with van der Waals surface area (Å²) in [5, 5.41) is 15.2. The van der Waals surface area contributed by atoms with Gasteiger partial charge in [-0.15, -0.1) is 9.79 Å². The Balaban J connectivity index is -0.000000135. The maximum absolute atomic E-state index is 9.96. The van der Waals surface area contributed by atoms with Gasteiger partial charge in [-0.2, -0.15) is 0 Å². The number of esters is 1. The van der Waals surface area contributed by atoms with Crippen molar-refractivity contribution in [1.29, 1.82) is 0 Å². The molecule has 0 bridgehead atoms. The first-order valence-corrected chi connectivity index (χ1v) is 4.76. The second-order valence-electron chi connectivity index (χ2n) is 1.63. The van der Waals surface area contributed by atoms with E-state index in [0.29, 0.717) is 6.42 Å². The highest BCUT2D eigenvalue weighted by Gasteiger charge is 1.93. The Labute approximate surface area is 82.9 Å². The van der Waals surface area contributed by atoms with Crippen LogP contribution >= 0.6 is 8.25 Å². The smallest absolute Gasteiger partial charge is 0.469 e. The molecule has 7 nitrogen and oxygen atoms in total. The number of methoxy groups -OCH3 is 1. The fourth-order valence-corrected chi connectivity index (χ4v) is 0.144. The standard InChI is InChI=1S/C4H8O2.C2H6O2.HO3P/c1-3-4(5)6-2;3-1-2-4;1-4(2)3/h3H2,1-2H3;3-4H,1-2H2;(H-,1,2,3)/p+1. The summed E-state index contributed by atoms with van der Waals surface area (Å²) >= 11 is 0. The second kappa shape index (κ2) is 18.2. The zero-order chi connectivity index (χ0) is 12.0. The van der Waals surface area contributed by atoms with Gasteiger partial charge < -0.3 is 14.9 Å². The van der Waals surface area contributed by atoms with Crippen LogP contribution in [0.3, 0.4) is 0 Å². The van der Waals surface area contributed by atoms with E-state index in [1.54, 1.807) is 6.92 Å². The SMILES string of the molecule is CCC(=O)OC.O=[P+](O)O.OCCO. The highest BCUT2D eigenvalue weighted by Crippen LogP contribution is 1.98. The predicted molar refractivity (Wildman–Crippen MR) is 48.5 cm³/mol. The quantitative estimate of drug-likeness (QED) is 0.361. The molecule has 0 aliphatic heterocycles. The first-order chi connectivity index (χ1) is 6.45. The zero-order valence-electron chi connectivity index (χ0n) is 8.08. The maximum atomic E-state index is 9.96. The van der Waals surface area contributed by atoms with Crippen LogP contribution in [0, 0.1) is 0 Å². The van der Waals surface area contributed by atoms with E-state index in [9.17, 15) is 4.79 Å². The van der Waals surface area contributed by atoms with Crippen LogP contribution in [-0.4, -0.2) is 46.3 Å². The molecule has 0 unspecified atom stereocenters. The van der Waals surface area contributed by atoms with Gasteiger partial charge in [0.05, 0.1) is 20.3 Å². The fraction of sp³-hybridized carbons (Fsp3) is 0.833. The van der Waals surface area contributed by atoms with E-state index >= 15 is 0 Å². The van der Waals surface area contributed by atoms with Crippen molar-refractivity contribution in [2.24, 2.45) is 0 Å². The Bertz CT molecular complexity index is 126. The number of ether oxygens (including phenoxy) is 1. The summed E-state index contributed by atoms with van der Waals surface area (Å²) in [4.78, 5) is 24.2. The Hall–Kier alpha value is -0.590. The van der Waals surface area contributed by atoms with Gasteiger partial charge >= 0.3 is 14.2 Å². The van der Waals surface area contributed by atoms with Crippen molar-refractivity contribution in [3.05, 3.63) is 0 Å². The highest BCUT2D eigenvalue weighted by molar-refractivity contribution is 7.30. The molecule has 0 radical (unpaired) electrons. The van der Waals surface area contributed by atoms with Gasteiger partial charge in [0.25, 0.3) is 0 Å². The molecule has 0 saturated carbocycles. The van der Waals surface area contributed by atoms with Crippen LogP contribution in [0.1, 0.15) is 13.3 Å². The summed E-state index contributed by atoms with van der Waals surface area (Å²) in [6, 6.07) is 0. The number of aliphatic hydroxyl groups is 2. The van der Waals surface area contributed by atoms with Gasteiger partial charge in [-0.05, 0) is 0 Å². The van der Waals surface area contributed by atoms with Gasteiger partial charge in [-0.25, -0.2) is 0 Å². The lowest BCUT2D eigenvalue weighted by molar-refractivity contribution is -0.140. The molecule has 14 heavy (non-hydrogen) atoms. The number of aliphatic hydroxyl groups excluding tert-OH is 2. The summed E-state index contributed by atoms with van der Waals surface area (Å²) in [5.41, 5.74) is 0. The normalized spacial score (nSPS) is 7.29. The Morgan fingerprint density at radius 1 is 1.29 bits per heavy atom. The van der Waals surface area contributed by atoms with E-state index in [2.05, 4.69) is 4.74 Å². The van der Waals surface area contributed by atoms with Crippen molar-refractivity contribution in [2.45, 2.75) is 13.3 Å². The Kier molecular flexibility index (Phi) is 24.8. The van der Waals surface area contributed by atoms with Crippen LogP contribution in [-0.2, 0) is 14.1 Å². The van der Waals surface area contributed by atoms with Crippen molar-refractivity contribution < 1.29 is 34.1 Å². The summed E-state index contributed by atoms with van der Waals surface area (Å²) in [5.74, 6) is -0.157. The molecule has 8 heteroatoms. The minimum absolute atomic E-state index is 0.125. The average molecular weight is 231 g/mol. The van der Waals surface area contributed by atoms with Crippen LogP contribution in [0.4, 0.5) is 0 Å². The molecule has 0 aromatic heterocycles. The van der Waals surface area contributed by atoms with E-state index < -0.39 is 8.25 Å². The lowest BCUT2D eigenvalue weighted by Crippen LogP contribution is -1.94. The van der Waals surface area contributed by atoms with Gasteiger partial charge in [0.15, 0.2) is 0 Å². The molecule has 0 aromatic carbocycles. The third-order valence-corrected chi connectivity index (χ3v) is 0.616. The van der Waals surface area contributed by atoms with Gasteiger partial charge in [0.1, 0.15) is 0 Å². The lowest BCUT2D eigenvalue weighted by atomic mass is 10.5. The van der Waals surface area contributed by atoms with Crippen molar-refractivity contribution in [3.8, 4) is 0 Å². The number of hydrogen-bond acceptors (Lipinski definition) is 5. The number of rotatable bonds is 2. The van der Waals surface area contributed by atoms with E-state index in [1.807, 2.05) is 0 Å². The Morgan fingerprint density at radius 3 is 1.57 bits per heavy atom. The van der Waals surface area contributed by atoms with Crippen molar-refractivity contribution >= 4 is 14.2 Å². The summed E-state index contributed by atoms with van der Waals surface area (Å²) < 4.78 is 13.0. The first kappa shape index (κ1) is 19.1. The summed E-state index contributed by atoms with van der Waals surface area (Å²) in [7, 11) is -1.49. The van der Waals surface area contributed by atoms with Gasteiger partial charge in [0.2, 0.25) is 0 Å². The minimum atomic E-state index is -2.87. The van der Waals surface area contributed by atoms with Gasteiger partial charge in [-0.1, -0.05) is 6.92 Å². The molecular formula is C6H16O7P+. The monoisotopic (exact) mass is 231 g/mol. The van der Waals surface area contributed by atoms with Gasteiger partial charge in [-0.3, -0.25) is 4.79 Å². The van der Waals surface area contributed by atoms with Gasteiger partial charge in [0, 0.05) is 11.0 Å². The molecule has 0 aliphatic carbocycles. The highest BCUT2D eigenvalue weighted by atomic mass is 31.1. The largest absolute Gasteiger partial charge is 0.692 e. The van der Waals surface area contributed by atoms with E-state index in [0.717, 1.165) is 0 Å². The van der Waals surface area contributed by atoms with E-state index in [4.69, 9.17) is 24.6 Å². The molecule has 0 aromatic rings. The minimum Gasteiger partial charge on any atom is -0.469 e. The third-order valence-electron chi connectivity index (χ3n) is 0.616. The average Bonchev–Trinajstić information content (AvgIpc) is 2.16. The van der Waals surface area contributed by atoms with Crippen molar-refractivity contribution in [3.63, 3.8) is 0 Å². The summed E-state index contributed by atoms with van der Waals surface area (Å²) in [6.07, 6.45) is 0.469. The van der Waals surface area contributed by atoms with Crippen LogP contribution in [0.5, 0.6) is 0 Å². The molecule has 4 N–H and O–H groups in total. The van der Waals surface area contributed by atoms with Crippen LogP contribution in [0.25, 0.3) is 0 Å². The molecule has 0 aliphatic rings. The van der Waals surface area contributed by atoms with Crippen LogP contribution < -0.4 is 0 Å². The van der Waals surface area contributed by atoms with Crippen molar-refractivity contribution in [1.82, 2.24) is 0 Å². The van der Waals surface area contributed by atoms with Crippen molar-refractivity contribution in [2.75, 3.05) is 20.3 Å². The van der Waals surface area contributed by atoms with Crippen LogP contribution in [0.2, 0.25) is 0 Å².